The zero-order valence-electron chi connectivity index (χ0n) is 8.93. The Balaban J connectivity index is 2.94. The summed E-state index contributed by atoms with van der Waals surface area (Å²) < 4.78 is 26.8. The van der Waals surface area contributed by atoms with Gasteiger partial charge in [0.05, 0.1) is 0 Å². The third-order valence-electron chi connectivity index (χ3n) is 2.56. The second-order valence-corrected chi connectivity index (χ2v) is 4.29. The fourth-order valence-electron chi connectivity index (χ4n) is 1.65. The van der Waals surface area contributed by atoms with Gasteiger partial charge in [-0.05, 0) is 18.6 Å². The summed E-state index contributed by atoms with van der Waals surface area (Å²) in [5, 5.41) is -0.221. The van der Waals surface area contributed by atoms with Crippen molar-refractivity contribution in [3.8, 4) is 0 Å². The molecule has 0 aromatic heterocycles. The Hall–Kier alpha value is -0.630. The highest BCUT2D eigenvalue weighted by Crippen LogP contribution is 2.30. The highest BCUT2D eigenvalue weighted by Gasteiger charge is 2.22. The van der Waals surface area contributed by atoms with E-state index in [1.165, 1.54) is 18.2 Å². The van der Waals surface area contributed by atoms with E-state index in [2.05, 4.69) is 0 Å². The Morgan fingerprint density at radius 2 is 1.80 bits per heavy atom. The van der Waals surface area contributed by atoms with Crippen molar-refractivity contribution < 1.29 is 8.78 Å². The Labute approximate surface area is 94.3 Å². The van der Waals surface area contributed by atoms with Gasteiger partial charge in [-0.25, -0.2) is 8.78 Å². The number of halogens is 3. The molecule has 1 aromatic carbocycles. The monoisotopic (exact) mass is 232 g/mol. The second-order valence-electron chi connectivity index (χ2n) is 3.73. The van der Waals surface area contributed by atoms with Crippen LogP contribution in [0.2, 0.25) is 0 Å². The first-order valence-corrected chi connectivity index (χ1v) is 5.59. The summed E-state index contributed by atoms with van der Waals surface area (Å²) in [5.41, 5.74) is 0.103. The van der Waals surface area contributed by atoms with Crippen LogP contribution in [-0.4, -0.2) is 5.38 Å². The zero-order chi connectivity index (χ0) is 11.4. The average molecular weight is 233 g/mol. The molecular weight excluding hydrogens is 218 g/mol. The maximum absolute atomic E-state index is 13.4. The molecule has 0 N–H and O–H groups in total. The summed E-state index contributed by atoms with van der Waals surface area (Å²) >= 11 is 6.08. The van der Waals surface area contributed by atoms with Crippen LogP contribution in [0.3, 0.4) is 0 Å². The molecule has 0 radical (unpaired) electrons. The van der Waals surface area contributed by atoms with E-state index in [4.69, 9.17) is 11.6 Å². The summed E-state index contributed by atoms with van der Waals surface area (Å²) in [7, 11) is 0. The maximum Gasteiger partial charge on any atom is 0.129 e. The predicted molar refractivity (Wildman–Crippen MR) is 59.3 cm³/mol. The van der Waals surface area contributed by atoms with Gasteiger partial charge < -0.3 is 0 Å². The molecule has 0 fully saturated rings. The van der Waals surface area contributed by atoms with E-state index in [-0.39, 0.29) is 16.9 Å². The highest BCUT2D eigenvalue weighted by atomic mass is 35.5. The third-order valence-corrected chi connectivity index (χ3v) is 3.16. The lowest BCUT2D eigenvalue weighted by molar-refractivity contribution is 0.515. The van der Waals surface area contributed by atoms with E-state index in [9.17, 15) is 8.78 Å². The van der Waals surface area contributed by atoms with Gasteiger partial charge in [-0.2, -0.15) is 0 Å². The van der Waals surface area contributed by atoms with Crippen molar-refractivity contribution in [2.24, 2.45) is 0 Å². The molecule has 15 heavy (non-hydrogen) atoms. The van der Waals surface area contributed by atoms with E-state index < -0.39 is 11.6 Å². The SMILES string of the molecule is CCCC(Cl)C(C)c1c(F)cccc1F. The minimum Gasteiger partial charge on any atom is -0.207 e. The fraction of sp³-hybridized carbons (Fsp3) is 0.500. The summed E-state index contributed by atoms with van der Waals surface area (Å²) in [6.07, 6.45) is 1.67. The van der Waals surface area contributed by atoms with Gasteiger partial charge in [0, 0.05) is 16.9 Å². The standard InChI is InChI=1S/C12H15ClF2/c1-3-5-9(13)8(2)12-10(14)6-4-7-11(12)15/h4,6-9H,3,5H2,1-2H3. The van der Waals surface area contributed by atoms with Crippen LogP contribution < -0.4 is 0 Å². The lowest BCUT2D eigenvalue weighted by Gasteiger charge is -2.18. The lowest BCUT2D eigenvalue weighted by Crippen LogP contribution is -2.12. The van der Waals surface area contributed by atoms with Crippen molar-refractivity contribution in [1.82, 2.24) is 0 Å². The number of benzene rings is 1. The van der Waals surface area contributed by atoms with E-state index >= 15 is 0 Å². The first-order chi connectivity index (χ1) is 7.07. The van der Waals surface area contributed by atoms with Crippen LogP contribution in [0.4, 0.5) is 8.78 Å². The van der Waals surface area contributed by atoms with Gasteiger partial charge in [0.25, 0.3) is 0 Å². The molecule has 0 bridgehead atoms. The number of hydrogen-bond acceptors (Lipinski definition) is 0. The molecule has 1 aromatic rings. The Bertz CT molecular complexity index is 305. The molecule has 1 rings (SSSR count). The van der Waals surface area contributed by atoms with E-state index in [1.807, 2.05) is 6.92 Å². The molecule has 2 unspecified atom stereocenters. The van der Waals surface area contributed by atoms with Crippen molar-refractivity contribution in [3.05, 3.63) is 35.4 Å². The van der Waals surface area contributed by atoms with Crippen molar-refractivity contribution in [1.29, 1.82) is 0 Å². The van der Waals surface area contributed by atoms with E-state index in [0.29, 0.717) is 0 Å². The first-order valence-electron chi connectivity index (χ1n) is 5.15. The quantitative estimate of drug-likeness (QED) is 0.672. The molecule has 0 spiro atoms. The molecule has 0 saturated heterocycles. The lowest BCUT2D eigenvalue weighted by atomic mass is 9.94. The third kappa shape index (κ3) is 2.91. The van der Waals surface area contributed by atoms with Crippen LogP contribution in [0.15, 0.2) is 18.2 Å². The fourth-order valence-corrected chi connectivity index (χ4v) is 2.00. The molecule has 0 aliphatic rings. The minimum atomic E-state index is -0.510. The molecule has 0 heterocycles. The molecular formula is C12H15ClF2. The van der Waals surface area contributed by atoms with E-state index in [0.717, 1.165) is 12.8 Å². The van der Waals surface area contributed by atoms with Gasteiger partial charge in [-0.15, -0.1) is 11.6 Å². The zero-order valence-corrected chi connectivity index (χ0v) is 9.69. The Kier molecular flexibility index (Phi) is 4.52. The van der Waals surface area contributed by atoms with Gasteiger partial charge in [0.15, 0.2) is 0 Å². The number of hydrogen-bond donors (Lipinski definition) is 0. The summed E-state index contributed by atoms with van der Waals surface area (Å²) in [4.78, 5) is 0. The van der Waals surface area contributed by atoms with Crippen LogP contribution in [0.5, 0.6) is 0 Å². The number of alkyl halides is 1. The highest BCUT2D eigenvalue weighted by molar-refractivity contribution is 6.21. The topological polar surface area (TPSA) is 0 Å². The molecule has 0 aliphatic heterocycles. The predicted octanol–water partition coefficient (Wildman–Crippen LogP) is 4.48. The van der Waals surface area contributed by atoms with Crippen molar-refractivity contribution >= 4 is 11.6 Å². The van der Waals surface area contributed by atoms with Crippen molar-refractivity contribution in [2.45, 2.75) is 38.0 Å². The maximum atomic E-state index is 13.4. The van der Waals surface area contributed by atoms with Crippen LogP contribution in [0, 0.1) is 11.6 Å². The molecule has 0 aliphatic carbocycles. The molecule has 3 heteroatoms. The smallest absolute Gasteiger partial charge is 0.129 e. The van der Waals surface area contributed by atoms with Crippen LogP contribution in [0.25, 0.3) is 0 Å². The first kappa shape index (κ1) is 12.4. The molecule has 2 atom stereocenters. The molecule has 0 saturated carbocycles. The largest absolute Gasteiger partial charge is 0.207 e. The van der Waals surface area contributed by atoms with E-state index in [1.54, 1.807) is 6.92 Å². The van der Waals surface area contributed by atoms with Gasteiger partial charge in [-0.3, -0.25) is 0 Å². The number of rotatable bonds is 4. The molecule has 84 valence electrons. The Morgan fingerprint density at radius 1 is 1.27 bits per heavy atom. The van der Waals surface area contributed by atoms with Gasteiger partial charge in [0.1, 0.15) is 11.6 Å². The summed E-state index contributed by atoms with van der Waals surface area (Å²) in [5.74, 6) is -1.32. The molecule has 0 nitrogen and oxygen atoms in total. The summed E-state index contributed by atoms with van der Waals surface area (Å²) in [6.45, 7) is 3.76. The average Bonchev–Trinajstić information content (AvgIpc) is 2.17. The van der Waals surface area contributed by atoms with Gasteiger partial charge in [0.2, 0.25) is 0 Å². The van der Waals surface area contributed by atoms with Crippen LogP contribution in [0.1, 0.15) is 38.2 Å². The Morgan fingerprint density at radius 3 is 2.27 bits per heavy atom. The van der Waals surface area contributed by atoms with Crippen molar-refractivity contribution in [3.63, 3.8) is 0 Å². The van der Waals surface area contributed by atoms with Crippen LogP contribution in [-0.2, 0) is 0 Å². The van der Waals surface area contributed by atoms with Crippen LogP contribution >= 0.6 is 11.6 Å². The van der Waals surface area contributed by atoms with Gasteiger partial charge in [-0.1, -0.05) is 26.3 Å². The normalized spacial score (nSPS) is 15.0. The second kappa shape index (κ2) is 5.45. The minimum absolute atomic E-state index is 0.103. The van der Waals surface area contributed by atoms with Crippen molar-refractivity contribution in [2.75, 3.05) is 0 Å². The van der Waals surface area contributed by atoms with Gasteiger partial charge >= 0.3 is 0 Å². The summed E-state index contributed by atoms with van der Waals surface area (Å²) in [6, 6.07) is 3.90. The molecule has 0 amide bonds.